The van der Waals surface area contributed by atoms with Crippen LogP contribution in [0.5, 0.6) is 5.75 Å². The van der Waals surface area contributed by atoms with Crippen LogP contribution in [0, 0.1) is 17.8 Å². The molecule has 2 aromatic rings. The molecule has 25 heavy (non-hydrogen) atoms. The third-order valence-electron chi connectivity index (χ3n) is 6.41. The van der Waals surface area contributed by atoms with Gasteiger partial charge in [0.2, 0.25) is 0 Å². The van der Waals surface area contributed by atoms with Crippen LogP contribution in [-0.2, 0) is 0 Å². The average molecular weight is 344 g/mol. The Hall–Kier alpha value is -1.64. The van der Waals surface area contributed by atoms with E-state index in [9.17, 15) is 8.78 Å². The molecule has 4 rings (SSSR count). The summed E-state index contributed by atoms with van der Waals surface area (Å²) in [5, 5.41) is 2.07. The molecule has 2 aromatic carbocycles. The number of hydrogen-bond acceptors (Lipinski definition) is 1. The summed E-state index contributed by atoms with van der Waals surface area (Å²) in [7, 11) is 0. The highest BCUT2D eigenvalue weighted by atomic mass is 19.3. The van der Waals surface area contributed by atoms with Crippen molar-refractivity contribution in [2.75, 3.05) is 0 Å². The highest BCUT2D eigenvalue weighted by molar-refractivity contribution is 5.84. The largest absolute Gasteiger partial charge is 0.435 e. The first kappa shape index (κ1) is 16.8. The Morgan fingerprint density at radius 1 is 0.880 bits per heavy atom. The zero-order valence-electron chi connectivity index (χ0n) is 14.8. The van der Waals surface area contributed by atoms with Crippen LogP contribution < -0.4 is 4.74 Å². The van der Waals surface area contributed by atoms with E-state index in [0.29, 0.717) is 5.92 Å². The van der Waals surface area contributed by atoms with Crippen molar-refractivity contribution in [1.29, 1.82) is 0 Å². The van der Waals surface area contributed by atoms with E-state index < -0.39 is 6.61 Å². The molecule has 4 atom stereocenters. The standard InChI is InChI=1S/C22H26F2O/c1-14-2-3-16-11-17(5-4-15(16)10-14)18-6-7-20-13-21(25-22(23)24)9-8-19(20)12-18/h6-9,12-17,22H,2-5,10-11H2,1H3. The van der Waals surface area contributed by atoms with Gasteiger partial charge in [0.05, 0.1) is 0 Å². The minimum atomic E-state index is -2.77. The smallest absolute Gasteiger partial charge is 0.387 e. The van der Waals surface area contributed by atoms with Crippen LogP contribution in [0.3, 0.4) is 0 Å². The number of rotatable bonds is 3. The van der Waals surface area contributed by atoms with Gasteiger partial charge in [0, 0.05) is 0 Å². The second kappa shape index (κ2) is 6.93. The van der Waals surface area contributed by atoms with E-state index in [2.05, 4.69) is 29.9 Å². The molecule has 0 heterocycles. The Morgan fingerprint density at radius 3 is 2.44 bits per heavy atom. The predicted molar refractivity (Wildman–Crippen MR) is 97.2 cm³/mol. The van der Waals surface area contributed by atoms with Crippen LogP contribution >= 0.6 is 0 Å². The van der Waals surface area contributed by atoms with E-state index in [1.807, 2.05) is 6.07 Å². The van der Waals surface area contributed by atoms with Crippen molar-refractivity contribution in [2.45, 2.75) is 58.0 Å². The van der Waals surface area contributed by atoms with Gasteiger partial charge in [0.15, 0.2) is 0 Å². The maximum Gasteiger partial charge on any atom is 0.387 e. The minimum absolute atomic E-state index is 0.229. The van der Waals surface area contributed by atoms with E-state index in [-0.39, 0.29) is 5.75 Å². The lowest BCUT2D eigenvalue weighted by Gasteiger charge is -2.41. The highest BCUT2D eigenvalue weighted by Gasteiger charge is 2.34. The molecule has 3 heteroatoms. The molecular formula is C22H26F2O. The fourth-order valence-electron chi connectivity index (χ4n) is 5.10. The number of fused-ring (bicyclic) bond motifs is 2. The van der Waals surface area contributed by atoms with Crippen LogP contribution in [0.1, 0.15) is 56.9 Å². The van der Waals surface area contributed by atoms with Crippen LogP contribution in [0.25, 0.3) is 10.8 Å². The van der Waals surface area contributed by atoms with Gasteiger partial charge >= 0.3 is 6.61 Å². The zero-order chi connectivity index (χ0) is 17.4. The molecule has 0 amide bonds. The number of hydrogen-bond donors (Lipinski definition) is 0. The molecule has 0 aromatic heterocycles. The van der Waals surface area contributed by atoms with Gasteiger partial charge in [0.1, 0.15) is 5.75 Å². The lowest BCUT2D eigenvalue weighted by Crippen LogP contribution is -2.29. The molecule has 2 fully saturated rings. The van der Waals surface area contributed by atoms with Crippen molar-refractivity contribution in [2.24, 2.45) is 17.8 Å². The first-order chi connectivity index (χ1) is 12.1. The fourth-order valence-corrected chi connectivity index (χ4v) is 5.10. The normalized spacial score (nSPS) is 29.6. The Kier molecular flexibility index (Phi) is 4.66. The number of alkyl halides is 2. The summed E-state index contributed by atoms with van der Waals surface area (Å²) in [5.41, 5.74) is 1.41. The molecule has 0 radical (unpaired) electrons. The Morgan fingerprint density at radius 2 is 1.60 bits per heavy atom. The maximum atomic E-state index is 12.4. The fraction of sp³-hybridized carbons (Fsp3) is 0.545. The third-order valence-corrected chi connectivity index (χ3v) is 6.41. The van der Waals surface area contributed by atoms with E-state index in [1.165, 1.54) is 44.1 Å². The average Bonchev–Trinajstić information content (AvgIpc) is 2.60. The number of halogens is 2. The molecular weight excluding hydrogens is 318 g/mol. The van der Waals surface area contributed by atoms with Crippen molar-refractivity contribution in [3.05, 3.63) is 42.0 Å². The van der Waals surface area contributed by atoms with Crippen molar-refractivity contribution in [3.63, 3.8) is 0 Å². The molecule has 0 bridgehead atoms. The monoisotopic (exact) mass is 344 g/mol. The quantitative estimate of drug-likeness (QED) is 0.597. The molecule has 1 nitrogen and oxygen atoms in total. The number of benzene rings is 2. The SMILES string of the molecule is CC1CCC2CC(c3ccc4cc(OC(F)F)ccc4c3)CCC2C1. The van der Waals surface area contributed by atoms with Gasteiger partial charge < -0.3 is 4.74 Å². The summed E-state index contributed by atoms with van der Waals surface area (Å²) in [6, 6.07) is 11.7. The summed E-state index contributed by atoms with van der Waals surface area (Å²) in [5.74, 6) is 3.62. The van der Waals surface area contributed by atoms with Crippen LogP contribution in [0.4, 0.5) is 8.78 Å². The van der Waals surface area contributed by atoms with Crippen LogP contribution in [-0.4, -0.2) is 6.61 Å². The van der Waals surface area contributed by atoms with Gasteiger partial charge in [-0.1, -0.05) is 37.6 Å². The molecule has 2 aliphatic carbocycles. The molecule has 134 valence electrons. The summed E-state index contributed by atoms with van der Waals surface area (Å²) >= 11 is 0. The van der Waals surface area contributed by atoms with Gasteiger partial charge in [-0.3, -0.25) is 0 Å². The lowest BCUT2D eigenvalue weighted by atomic mass is 9.64. The molecule has 0 spiro atoms. The summed E-state index contributed by atoms with van der Waals surface area (Å²) < 4.78 is 29.2. The predicted octanol–water partition coefficient (Wildman–Crippen LogP) is 6.76. The van der Waals surface area contributed by atoms with Crippen molar-refractivity contribution < 1.29 is 13.5 Å². The van der Waals surface area contributed by atoms with E-state index in [1.54, 1.807) is 12.1 Å². The van der Waals surface area contributed by atoms with Crippen LogP contribution in [0.15, 0.2) is 36.4 Å². The van der Waals surface area contributed by atoms with E-state index >= 15 is 0 Å². The zero-order valence-corrected chi connectivity index (χ0v) is 14.8. The van der Waals surface area contributed by atoms with Gasteiger partial charge in [-0.05, 0) is 84.2 Å². The van der Waals surface area contributed by atoms with Gasteiger partial charge in [-0.15, -0.1) is 0 Å². The molecule has 0 N–H and O–H groups in total. The third kappa shape index (κ3) is 3.65. The van der Waals surface area contributed by atoms with Gasteiger partial charge in [0.25, 0.3) is 0 Å². The van der Waals surface area contributed by atoms with Crippen molar-refractivity contribution in [3.8, 4) is 5.75 Å². The Labute approximate surface area is 148 Å². The van der Waals surface area contributed by atoms with Crippen molar-refractivity contribution in [1.82, 2.24) is 0 Å². The van der Waals surface area contributed by atoms with Crippen molar-refractivity contribution >= 4 is 10.8 Å². The summed E-state index contributed by atoms with van der Waals surface area (Å²) in [4.78, 5) is 0. The first-order valence-electron chi connectivity index (χ1n) is 9.57. The second-order valence-electron chi connectivity index (χ2n) is 8.10. The van der Waals surface area contributed by atoms with E-state index in [4.69, 9.17) is 0 Å². The molecule has 4 unspecified atom stereocenters. The first-order valence-corrected chi connectivity index (χ1v) is 9.57. The lowest BCUT2D eigenvalue weighted by molar-refractivity contribution is -0.0497. The summed E-state index contributed by atoms with van der Waals surface area (Å²) in [6.07, 6.45) is 8.16. The Bertz CT molecular complexity index is 742. The molecule has 0 aliphatic heterocycles. The highest BCUT2D eigenvalue weighted by Crippen LogP contribution is 2.47. The second-order valence-corrected chi connectivity index (χ2v) is 8.10. The van der Waals surface area contributed by atoms with E-state index in [0.717, 1.165) is 28.5 Å². The maximum absolute atomic E-state index is 12.4. The summed E-state index contributed by atoms with van der Waals surface area (Å²) in [6.45, 7) is -0.373. The molecule has 0 saturated heterocycles. The topological polar surface area (TPSA) is 9.23 Å². The van der Waals surface area contributed by atoms with Gasteiger partial charge in [-0.2, -0.15) is 8.78 Å². The molecule has 2 saturated carbocycles. The van der Waals surface area contributed by atoms with Crippen LogP contribution in [0.2, 0.25) is 0 Å². The number of ether oxygens (including phenoxy) is 1. The molecule has 2 aliphatic rings. The Balaban J connectivity index is 1.52. The minimum Gasteiger partial charge on any atom is -0.435 e. The van der Waals surface area contributed by atoms with Gasteiger partial charge in [-0.25, -0.2) is 0 Å².